The quantitative estimate of drug-likeness (QED) is 0.602. The maximum absolute atomic E-state index is 4.86. The number of hydrogen-bond donors (Lipinski definition) is 0. The third-order valence-electron chi connectivity index (χ3n) is 5.29. The molecule has 5 rings (SSSR count). The highest BCUT2D eigenvalue weighted by molar-refractivity contribution is 6.07. The first-order valence-electron chi connectivity index (χ1n) is 9.10. The van der Waals surface area contributed by atoms with E-state index in [2.05, 4.69) is 102 Å². The van der Waals surface area contributed by atoms with Gasteiger partial charge in [-0.05, 0) is 22.8 Å². The SMILES string of the molecule is C1=C[C@H](c2ccccc2)N2[C@H](c3ccccc3)[C@@H]2C(c2ccccc2)=N1. The zero-order valence-electron chi connectivity index (χ0n) is 14.4. The summed E-state index contributed by atoms with van der Waals surface area (Å²) < 4.78 is 0. The summed E-state index contributed by atoms with van der Waals surface area (Å²) in [5.41, 5.74) is 5.04. The molecular weight excluding hydrogens is 316 g/mol. The Morgan fingerprint density at radius 1 is 0.615 bits per heavy atom. The second-order valence-electron chi connectivity index (χ2n) is 6.82. The smallest absolute Gasteiger partial charge is 0.0740 e. The van der Waals surface area contributed by atoms with E-state index in [-0.39, 0.29) is 6.04 Å². The molecule has 2 heteroatoms. The molecule has 0 bridgehead atoms. The summed E-state index contributed by atoms with van der Waals surface area (Å²) in [5, 5.41) is 0. The molecular formula is C24H20N2. The fraction of sp³-hybridized carbons (Fsp3) is 0.125. The van der Waals surface area contributed by atoms with Gasteiger partial charge in [0.15, 0.2) is 0 Å². The molecule has 3 aromatic carbocycles. The zero-order chi connectivity index (χ0) is 17.3. The molecule has 0 saturated carbocycles. The average Bonchev–Trinajstić information content (AvgIpc) is 3.47. The van der Waals surface area contributed by atoms with Gasteiger partial charge in [0.2, 0.25) is 0 Å². The van der Waals surface area contributed by atoms with Crippen molar-refractivity contribution in [2.75, 3.05) is 0 Å². The van der Waals surface area contributed by atoms with Crippen LogP contribution in [0.5, 0.6) is 0 Å². The summed E-state index contributed by atoms with van der Waals surface area (Å²) in [6.45, 7) is 0. The van der Waals surface area contributed by atoms with E-state index in [1.54, 1.807) is 0 Å². The molecule has 1 fully saturated rings. The largest absolute Gasteiger partial charge is 0.273 e. The van der Waals surface area contributed by atoms with Crippen LogP contribution < -0.4 is 0 Å². The standard InChI is InChI=1S/C24H20N2/c1-4-10-18(11-5-1)21-16-17-25-22(19-12-6-2-7-13-19)24-23(26(21)24)20-14-8-3-9-15-20/h1-17,21,23-24H/t21-,23-,24+,26?/m1/s1. The van der Waals surface area contributed by atoms with Gasteiger partial charge in [-0.1, -0.05) is 91.0 Å². The van der Waals surface area contributed by atoms with Crippen LogP contribution in [-0.2, 0) is 0 Å². The lowest BCUT2D eigenvalue weighted by molar-refractivity contribution is 0.438. The number of fused-ring (bicyclic) bond motifs is 1. The Morgan fingerprint density at radius 3 is 1.85 bits per heavy atom. The van der Waals surface area contributed by atoms with Crippen molar-refractivity contribution < 1.29 is 0 Å². The van der Waals surface area contributed by atoms with Crippen LogP contribution in [0.2, 0.25) is 0 Å². The van der Waals surface area contributed by atoms with Crippen molar-refractivity contribution >= 4 is 5.71 Å². The predicted octanol–water partition coefficient (Wildman–Crippen LogP) is 5.17. The molecule has 126 valence electrons. The van der Waals surface area contributed by atoms with Crippen LogP contribution in [-0.4, -0.2) is 16.7 Å². The second-order valence-corrected chi connectivity index (χ2v) is 6.82. The first-order chi connectivity index (χ1) is 12.9. The van der Waals surface area contributed by atoms with Crippen molar-refractivity contribution in [1.82, 2.24) is 4.90 Å². The number of aliphatic imine (C=N–C) groups is 1. The summed E-state index contributed by atoms with van der Waals surface area (Å²) in [5.74, 6) is 0. The van der Waals surface area contributed by atoms with E-state index in [4.69, 9.17) is 4.99 Å². The third kappa shape index (κ3) is 2.59. The molecule has 2 heterocycles. The van der Waals surface area contributed by atoms with Crippen LogP contribution >= 0.6 is 0 Å². The minimum Gasteiger partial charge on any atom is -0.273 e. The fourth-order valence-electron chi connectivity index (χ4n) is 4.06. The van der Waals surface area contributed by atoms with Gasteiger partial charge in [-0.2, -0.15) is 0 Å². The fourth-order valence-corrected chi connectivity index (χ4v) is 4.06. The maximum Gasteiger partial charge on any atom is 0.0740 e. The Morgan fingerprint density at radius 2 is 1.19 bits per heavy atom. The summed E-state index contributed by atoms with van der Waals surface area (Å²) in [7, 11) is 0. The molecule has 4 atom stereocenters. The van der Waals surface area contributed by atoms with Crippen LogP contribution in [0.25, 0.3) is 0 Å². The van der Waals surface area contributed by atoms with Gasteiger partial charge in [-0.3, -0.25) is 9.89 Å². The van der Waals surface area contributed by atoms with E-state index in [9.17, 15) is 0 Å². The van der Waals surface area contributed by atoms with Crippen LogP contribution in [0, 0.1) is 0 Å². The second kappa shape index (κ2) is 6.40. The summed E-state index contributed by atoms with van der Waals surface area (Å²) in [6.07, 6.45) is 4.20. The lowest BCUT2D eigenvalue weighted by atomic mass is 10.0. The molecule has 26 heavy (non-hydrogen) atoms. The van der Waals surface area contributed by atoms with Gasteiger partial charge in [0.25, 0.3) is 0 Å². The molecule has 0 amide bonds. The Hall–Kier alpha value is -2.97. The number of nitrogens with zero attached hydrogens (tertiary/aromatic N) is 2. The van der Waals surface area contributed by atoms with Crippen molar-refractivity contribution in [1.29, 1.82) is 0 Å². The van der Waals surface area contributed by atoms with Gasteiger partial charge in [-0.15, -0.1) is 0 Å². The molecule has 0 spiro atoms. The molecule has 2 aliphatic heterocycles. The third-order valence-corrected chi connectivity index (χ3v) is 5.29. The van der Waals surface area contributed by atoms with Crippen molar-refractivity contribution in [3.8, 4) is 0 Å². The Labute approximate surface area is 154 Å². The van der Waals surface area contributed by atoms with Crippen LogP contribution in [0.1, 0.15) is 28.8 Å². The molecule has 0 aliphatic carbocycles. The number of benzene rings is 3. The van der Waals surface area contributed by atoms with Gasteiger partial charge in [0.1, 0.15) is 0 Å². The van der Waals surface area contributed by atoms with Gasteiger partial charge < -0.3 is 0 Å². The van der Waals surface area contributed by atoms with E-state index in [0.29, 0.717) is 12.1 Å². The highest BCUT2D eigenvalue weighted by Crippen LogP contribution is 2.52. The molecule has 2 nitrogen and oxygen atoms in total. The van der Waals surface area contributed by atoms with Crippen LogP contribution in [0.3, 0.4) is 0 Å². The van der Waals surface area contributed by atoms with E-state index < -0.39 is 0 Å². The van der Waals surface area contributed by atoms with E-state index >= 15 is 0 Å². The monoisotopic (exact) mass is 336 g/mol. The molecule has 0 N–H and O–H groups in total. The lowest BCUT2D eigenvalue weighted by Gasteiger charge is -2.16. The molecule has 3 aromatic rings. The minimum atomic E-state index is 0.247. The van der Waals surface area contributed by atoms with Crippen molar-refractivity contribution in [2.24, 2.45) is 4.99 Å². The van der Waals surface area contributed by atoms with Gasteiger partial charge >= 0.3 is 0 Å². The molecule has 2 aliphatic rings. The predicted molar refractivity (Wildman–Crippen MR) is 106 cm³/mol. The number of hydrogen-bond acceptors (Lipinski definition) is 2. The summed E-state index contributed by atoms with van der Waals surface area (Å²) in [4.78, 5) is 7.43. The van der Waals surface area contributed by atoms with E-state index in [1.165, 1.54) is 16.7 Å². The average molecular weight is 336 g/mol. The molecule has 1 unspecified atom stereocenters. The summed E-state index contributed by atoms with van der Waals surface area (Å²) >= 11 is 0. The first-order valence-corrected chi connectivity index (χ1v) is 9.10. The van der Waals surface area contributed by atoms with Crippen molar-refractivity contribution in [3.63, 3.8) is 0 Å². The highest BCUT2D eigenvalue weighted by atomic mass is 15.4. The lowest BCUT2D eigenvalue weighted by Crippen LogP contribution is -2.15. The zero-order valence-corrected chi connectivity index (χ0v) is 14.4. The molecule has 1 saturated heterocycles. The van der Waals surface area contributed by atoms with Crippen molar-refractivity contribution in [2.45, 2.75) is 18.1 Å². The first kappa shape index (κ1) is 15.3. The highest BCUT2D eigenvalue weighted by Gasteiger charge is 2.55. The van der Waals surface area contributed by atoms with Gasteiger partial charge in [-0.25, -0.2) is 0 Å². The topological polar surface area (TPSA) is 15.4 Å². The Balaban J connectivity index is 1.58. The van der Waals surface area contributed by atoms with Crippen molar-refractivity contribution in [3.05, 3.63) is 120 Å². The Kier molecular flexibility index (Phi) is 3.76. The Bertz CT molecular complexity index is 945. The van der Waals surface area contributed by atoms with E-state index in [1.807, 2.05) is 6.20 Å². The molecule has 0 radical (unpaired) electrons. The van der Waals surface area contributed by atoms with Crippen LogP contribution in [0.15, 0.2) is 108 Å². The molecule has 0 aromatic heterocycles. The van der Waals surface area contributed by atoms with Gasteiger partial charge in [0, 0.05) is 6.20 Å². The summed E-state index contributed by atoms with van der Waals surface area (Å²) in [6, 6.07) is 33.0. The number of rotatable bonds is 3. The van der Waals surface area contributed by atoms with Crippen LogP contribution in [0.4, 0.5) is 0 Å². The van der Waals surface area contributed by atoms with E-state index in [0.717, 1.165) is 5.71 Å². The maximum atomic E-state index is 4.86. The van der Waals surface area contributed by atoms with Gasteiger partial charge in [0.05, 0.1) is 23.8 Å². The normalized spacial score (nSPS) is 26.5. The minimum absolute atomic E-state index is 0.247.